The number of para-hydroxylation sites is 2. The van der Waals surface area contributed by atoms with E-state index in [1.807, 2.05) is 42.7 Å². The Bertz CT molecular complexity index is 1200. The Balaban J connectivity index is 0.00000180. The number of phenolic OH excluding ortho intramolecular Hbond substituents is 1. The monoisotopic (exact) mass is 372 g/mol. The fourth-order valence-electron chi connectivity index (χ4n) is 3.67. The first-order chi connectivity index (χ1) is 12.8. The van der Waals surface area contributed by atoms with E-state index in [1.165, 1.54) is 0 Å². The van der Waals surface area contributed by atoms with Crippen molar-refractivity contribution in [2.75, 3.05) is 0 Å². The number of phenols is 1. The fraction of sp³-hybridized carbons (Fsp3) is 0. The van der Waals surface area contributed by atoms with E-state index in [4.69, 9.17) is 0 Å². The zero-order chi connectivity index (χ0) is 17.5. The molecule has 0 aliphatic carbocycles. The van der Waals surface area contributed by atoms with Gasteiger partial charge in [-0.25, -0.2) is 4.99 Å². The van der Waals surface area contributed by atoms with Crippen LogP contribution in [0.1, 0.15) is 16.7 Å². The molecule has 1 aliphatic heterocycles. The minimum atomic E-state index is 0. The van der Waals surface area contributed by atoms with Gasteiger partial charge in [-0.3, -0.25) is 0 Å². The minimum Gasteiger partial charge on any atom is -1.00 e. The highest BCUT2D eigenvalue weighted by molar-refractivity contribution is 6.24. The summed E-state index contributed by atoms with van der Waals surface area (Å²) in [6.45, 7) is 0. The van der Waals surface area contributed by atoms with E-state index >= 15 is 0 Å². The lowest BCUT2D eigenvalue weighted by molar-refractivity contribution is -0.342. The van der Waals surface area contributed by atoms with E-state index in [-0.39, 0.29) is 18.2 Å². The number of hydrogen-bond donors (Lipinski definition) is 3. The van der Waals surface area contributed by atoms with Gasteiger partial charge < -0.3 is 22.5 Å². The predicted molar refractivity (Wildman–Crippen MR) is 105 cm³/mol. The zero-order valence-electron chi connectivity index (χ0n) is 14.4. The predicted octanol–water partition coefficient (Wildman–Crippen LogP) is 0.633. The summed E-state index contributed by atoms with van der Waals surface area (Å²) in [6, 6.07) is 24.0. The van der Waals surface area contributed by atoms with Gasteiger partial charge in [-0.15, -0.1) is 0 Å². The summed E-state index contributed by atoms with van der Waals surface area (Å²) in [5.41, 5.74) is 7.68. The second-order valence-electron chi connectivity index (χ2n) is 6.42. The third-order valence-electron chi connectivity index (χ3n) is 4.85. The summed E-state index contributed by atoms with van der Waals surface area (Å²) in [5, 5.41) is 11.2. The Hall–Kier alpha value is -3.30. The van der Waals surface area contributed by atoms with Gasteiger partial charge in [0.1, 0.15) is 5.75 Å². The Morgan fingerprint density at radius 3 is 2.59 bits per heavy atom. The number of hydrogen-bond acceptors (Lipinski definition) is 1. The molecule has 4 heteroatoms. The molecule has 3 aromatic carbocycles. The maximum absolute atomic E-state index is 10.1. The molecule has 0 fully saturated rings. The van der Waals surface area contributed by atoms with Gasteiger partial charge in [0.2, 0.25) is 5.69 Å². The minimum absolute atomic E-state index is 0. The van der Waals surface area contributed by atoms with Crippen molar-refractivity contribution < 1.29 is 22.5 Å². The molecule has 0 unspecified atom stereocenters. The van der Waals surface area contributed by atoms with Crippen molar-refractivity contribution in [3.63, 3.8) is 0 Å². The summed E-state index contributed by atoms with van der Waals surface area (Å²) in [7, 11) is 0. The summed E-state index contributed by atoms with van der Waals surface area (Å²) >= 11 is 0. The van der Waals surface area contributed by atoms with E-state index in [9.17, 15) is 5.11 Å². The van der Waals surface area contributed by atoms with Gasteiger partial charge in [0.05, 0.1) is 11.1 Å². The van der Waals surface area contributed by atoms with Crippen molar-refractivity contribution in [1.82, 2.24) is 4.98 Å². The lowest BCUT2D eigenvalue weighted by Crippen LogP contribution is -3.00. The molecule has 0 bridgehead atoms. The van der Waals surface area contributed by atoms with Crippen molar-refractivity contribution in [3.05, 3.63) is 95.7 Å². The Kier molecular flexibility index (Phi) is 4.30. The molecular weight excluding hydrogens is 356 g/mol. The Morgan fingerprint density at radius 1 is 0.889 bits per heavy atom. The van der Waals surface area contributed by atoms with E-state index in [1.54, 1.807) is 6.07 Å². The second kappa shape index (κ2) is 6.78. The van der Waals surface area contributed by atoms with Crippen molar-refractivity contribution in [1.29, 1.82) is 0 Å². The third kappa shape index (κ3) is 2.82. The molecule has 4 aromatic rings. The molecule has 5 rings (SSSR count). The van der Waals surface area contributed by atoms with Crippen LogP contribution in [0.4, 0.5) is 5.69 Å². The Labute approximate surface area is 163 Å². The van der Waals surface area contributed by atoms with Gasteiger partial charge in [-0.1, -0.05) is 42.5 Å². The SMILES string of the molecule is Oc1cccc(C(=C2C=[NH+]c3ccccc32)c2c[nH]c3ccccc23)c1.[Cl-]. The summed E-state index contributed by atoms with van der Waals surface area (Å²) in [4.78, 5) is 6.74. The van der Waals surface area contributed by atoms with E-state index in [2.05, 4.69) is 46.4 Å². The largest absolute Gasteiger partial charge is 1.00 e. The first-order valence-corrected chi connectivity index (χ1v) is 8.60. The van der Waals surface area contributed by atoms with E-state index in [0.29, 0.717) is 0 Å². The van der Waals surface area contributed by atoms with Crippen molar-refractivity contribution in [3.8, 4) is 5.75 Å². The normalized spacial score (nSPS) is 14.1. The van der Waals surface area contributed by atoms with Gasteiger partial charge in [-0.05, 0) is 29.8 Å². The molecule has 0 amide bonds. The maximum atomic E-state index is 10.1. The molecule has 3 nitrogen and oxygen atoms in total. The molecule has 0 saturated heterocycles. The molecule has 27 heavy (non-hydrogen) atoms. The first kappa shape index (κ1) is 17.1. The topological polar surface area (TPSA) is 50.0 Å². The van der Waals surface area contributed by atoms with Crippen LogP contribution >= 0.6 is 0 Å². The number of aromatic nitrogens is 1. The van der Waals surface area contributed by atoms with Gasteiger partial charge in [0.25, 0.3) is 0 Å². The number of halogens is 1. The second-order valence-corrected chi connectivity index (χ2v) is 6.42. The number of rotatable bonds is 2. The number of H-pyrrole nitrogens is 1. The van der Waals surface area contributed by atoms with Crippen LogP contribution in [-0.4, -0.2) is 16.3 Å². The van der Waals surface area contributed by atoms with Crippen LogP contribution in [0.2, 0.25) is 0 Å². The highest BCUT2D eigenvalue weighted by Gasteiger charge is 2.24. The average Bonchev–Trinajstić information content (AvgIpc) is 3.28. The molecule has 2 heterocycles. The van der Waals surface area contributed by atoms with Crippen LogP contribution in [0.3, 0.4) is 0 Å². The van der Waals surface area contributed by atoms with Crippen LogP contribution in [0.5, 0.6) is 5.75 Å². The fourth-order valence-corrected chi connectivity index (χ4v) is 3.67. The number of fused-ring (bicyclic) bond motifs is 2. The third-order valence-corrected chi connectivity index (χ3v) is 4.85. The quantitative estimate of drug-likeness (QED) is 0.475. The van der Waals surface area contributed by atoms with E-state index in [0.717, 1.165) is 44.4 Å². The number of aromatic amines is 1. The van der Waals surface area contributed by atoms with Gasteiger partial charge in [0.15, 0.2) is 6.21 Å². The maximum Gasteiger partial charge on any atom is 0.211 e. The molecule has 0 radical (unpaired) electrons. The first-order valence-electron chi connectivity index (χ1n) is 8.60. The standard InChI is InChI=1S/C23H16N2O.ClH/c26-16-7-5-6-15(12-16)23(19-13-24-21-10-3-1-8-17(19)21)20-14-25-22-11-4-2-9-18(20)22;/h1-14,24,26H;1H. The molecule has 1 aliphatic rings. The van der Waals surface area contributed by atoms with Crippen LogP contribution < -0.4 is 17.4 Å². The zero-order valence-corrected chi connectivity index (χ0v) is 15.2. The number of nitrogens with one attached hydrogen (secondary N) is 2. The summed E-state index contributed by atoms with van der Waals surface area (Å²) < 4.78 is 0. The average molecular weight is 373 g/mol. The van der Waals surface area contributed by atoms with E-state index < -0.39 is 0 Å². The van der Waals surface area contributed by atoms with Crippen molar-refractivity contribution in [2.24, 2.45) is 0 Å². The number of benzene rings is 3. The molecule has 0 spiro atoms. The highest BCUT2D eigenvalue weighted by atomic mass is 35.5. The smallest absolute Gasteiger partial charge is 0.211 e. The number of aromatic hydroxyl groups is 1. The highest BCUT2D eigenvalue weighted by Crippen LogP contribution is 2.38. The van der Waals surface area contributed by atoms with Gasteiger partial charge in [-0.2, -0.15) is 0 Å². The lowest BCUT2D eigenvalue weighted by Gasteiger charge is -2.10. The lowest BCUT2D eigenvalue weighted by atomic mass is 9.90. The molecule has 3 N–H and O–H groups in total. The van der Waals surface area contributed by atoms with Gasteiger partial charge in [0, 0.05) is 34.3 Å². The molecule has 132 valence electrons. The molecule has 0 atom stereocenters. The molecule has 1 aromatic heterocycles. The van der Waals surface area contributed by atoms with Crippen LogP contribution in [0.15, 0.2) is 79.0 Å². The van der Waals surface area contributed by atoms with Crippen molar-refractivity contribution in [2.45, 2.75) is 0 Å². The molecule has 0 saturated carbocycles. The van der Waals surface area contributed by atoms with Crippen LogP contribution in [-0.2, 0) is 0 Å². The Morgan fingerprint density at radius 2 is 1.70 bits per heavy atom. The summed E-state index contributed by atoms with van der Waals surface area (Å²) in [6.07, 6.45) is 4.09. The van der Waals surface area contributed by atoms with Crippen molar-refractivity contribution >= 4 is 34.0 Å². The summed E-state index contributed by atoms with van der Waals surface area (Å²) in [5.74, 6) is 0.264. The van der Waals surface area contributed by atoms with Crippen LogP contribution in [0, 0.1) is 0 Å². The molecular formula is C23H17ClN2O. The van der Waals surface area contributed by atoms with Gasteiger partial charge >= 0.3 is 0 Å². The number of allylic oxidation sites excluding steroid dienone is 1. The van der Waals surface area contributed by atoms with Crippen LogP contribution in [0.25, 0.3) is 22.0 Å².